The van der Waals surface area contributed by atoms with Crippen molar-refractivity contribution in [2.75, 3.05) is 0 Å². The Hall–Kier alpha value is -1.61. The Morgan fingerprint density at radius 1 is 1.00 bits per heavy atom. The summed E-state index contributed by atoms with van der Waals surface area (Å²) in [6.07, 6.45) is 6.08. The molecule has 0 amide bonds. The lowest BCUT2D eigenvalue weighted by molar-refractivity contribution is 0.654. The molecule has 1 aliphatic carbocycles. The van der Waals surface area contributed by atoms with Gasteiger partial charge in [-0.15, -0.1) is 0 Å². The van der Waals surface area contributed by atoms with Gasteiger partial charge in [0, 0.05) is 8.99 Å². The summed E-state index contributed by atoms with van der Waals surface area (Å²) in [5.41, 5.74) is 8.12. The molecule has 0 saturated heterocycles. The highest BCUT2D eigenvalue weighted by Crippen LogP contribution is 2.47. The fourth-order valence-corrected chi connectivity index (χ4v) is 3.83. The summed E-state index contributed by atoms with van der Waals surface area (Å²) in [6, 6.07) is 15.6. The molecule has 0 bridgehead atoms. The van der Waals surface area contributed by atoms with Crippen LogP contribution in [0.5, 0.6) is 0 Å². The van der Waals surface area contributed by atoms with Crippen LogP contribution >= 0.6 is 22.6 Å². The fraction of sp³-hybridized carbons (Fsp3) is 0.182. The monoisotopic (exact) mass is 412 g/mol. The molecule has 0 aromatic heterocycles. The van der Waals surface area contributed by atoms with Crippen molar-refractivity contribution >= 4 is 28.2 Å². The van der Waals surface area contributed by atoms with Gasteiger partial charge in [-0.2, -0.15) is 0 Å². The van der Waals surface area contributed by atoms with Gasteiger partial charge in [-0.1, -0.05) is 62.9 Å². The molecule has 0 unspecified atom stereocenters. The molecular weight excluding hydrogens is 391 g/mol. The van der Waals surface area contributed by atoms with Crippen LogP contribution in [0.25, 0.3) is 16.7 Å². The van der Waals surface area contributed by atoms with Crippen LogP contribution in [0.3, 0.4) is 0 Å². The van der Waals surface area contributed by atoms with Gasteiger partial charge in [0.1, 0.15) is 0 Å². The topological polar surface area (TPSA) is 0 Å². The van der Waals surface area contributed by atoms with E-state index in [0.717, 1.165) is 0 Å². The van der Waals surface area contributed by atoms with Crippen molar-refractivity contribution in [2.45, 2.75) is 26.2 Å². The Balaban J connectivity index is 2.10. The minimum atomic E-state index is 0.0259. The minimum Gasteiger partial charge on any atom is -0.0991 e. The van der Waals surface area contributed by atoms with Crippen molar-refractivity contribution in [2.24, 2.45) is 0 Å². The van der Waals surface area contributed by atoms with Crippen LogP contribution in [-0.4, -0.2) is 0 Å². The van der Waals surface area contributed by atoms with Gasteiger partial charge >= 0.3 is 0 Å². The van der Waals surface area contributed by atoms with Crippen molar-refractivity contribution in [3.8, 4) is 11.1 Å². The van der Waals surface area contributed by atoms with Gasteiger partial charge in [0.05, 0.1) is 0 Å². The first-order valence-electron chi connectivity index (χ1n) is 7.86. The summed E-state index contributed by atoms with van der Waals surface area (Å²) >= 11 is 2.35. The molecule has 0 aliphatic heterocycles. The summed E-state index contributed by atoms with van der Waals surface area (Å²) in [4.78, 5) is 0. The maximum Gasteiger partial charge on any atom is 0.0155 e. The van der Waals surface area contributed by atoms with E-state index >= 15 is 0 Å². The molecule has 0 fully saturated rings. The Labute approximate surface area is 152 Å². The molecule has 0 heterocycles. The maximum absolute atomic E-state index is 3.79. The predicted molar refractivity (Wildman–Crippen MR) is 110 cm³/mol. The second-order valence-corrected chi connectivity index (χ2v) is 7.77. The molecule has 116 valence electrons. The molecule has 3 rings (SSSR count). The number of hydrogen-bond donors (Lipinski definition) is 0. The first-order chi connectivity index (χ1) is 10.9. The van der Waals surface area contributed by atoms with E-state index in [4.69, 9.17) is 0 Å². The van der Waals surface area contributed by atoms with Crippen LogP contribution < -0.4 is 0 Å². The second-order valence-electron chi connectivity index (χ2n) is 6.53. The normalized spacial score (nSPS) is 16.0. The number of halogens is 1. The average molecular weight is 412 g/mol. The number of rotatable bonds is 3. The highest BCUT2D eigenvalue weighted by Gasteiger charge is 2.34. The van der Waals surface area contributed by atoms with Gasteiger partial charge in [-0.3, -0.25) is 0 Å². The first-order valence-corrected chi connectivity index (χ1v) is 8.94. The van der Waals surface area contributed by atoms with Gasteiger partial charge in [0.15, 0.2) is 0 Å². The Kier molecular flexibility index (Phi) is 4.33. The average Bonchev–Trinajstić information content (AvgIpc) is 2.73. The molecule has 0 saturated carbocycles. The van der Waals surface area contributed by atoms with Crippen LogP contribution in [0.1, 0.15) is 31.9 Å². The smallest absolute Gasteiger partial charge is 0.0155 e. The zero-order chi connectivity index (χ0) is 16.6. The van der Waals surface area contributed by atoms with Crippen LogP contribution in [0.15, 0.2) is 72.8 Å². The summed E-state index contributed by atoms with van der Waals surface area (Å²) < 4.78 is 1.27. The standard InChI is InChI=1S/C22H21I/c1-5-6-7-20-15(2)19-13-10-17(14-21(19)22(20,3)4)16-8-11-18(23)12-9-16/h5-14H,1H2,2-4H3/b7-6-. The minimum absolute atomic E-state index is 0.0259. The SMILES string of the molecule is C=C/C=C\C1=C(C)c2ccc(-c3ccc(I)cc3)cc2C1(C)C. The molecule has 1 heteroatoms. The van der Waals surface area contributed by atoms with E-state index in [1.54, 1.807) is 0 Å². The molecule has 0 radical (unpaired) electrons. The zero-order valence-electron chi connectivity index (χ0n) is 13.9. The van der Waals surface area contributed by atoms with E-state index < -0.39 is 0 Å². The highest BCUT2D eigenvalue weighted by molar-refractivity contribution is 14.1. The van der Waals surface area contributed by atoms with Crippen molar-refractivity contribution in [3.05, 3.63) is 87.5 Å². The van der Waals surface area contributed by atoms with Gasteiger partial charge in [-0.05, 0) is 81.1 Å². The molecule has 0 nitrogen and oxygen atoms in total. The molecular formula is C22H21I. The number of hydrogen-bond acceptors (Lipinski definition) is 0. The van der Waals surface area contributed by atoms with E-state index in [0.29, 0.717) is 0 Å². The second kappa shape index (κ2) is 6.12. The molecule has 0 spiro atoms. The van der Waals surface area contributed by atoms with Gasteiger partial charge in [-0.25, -0.2) is 0 Å². The van der Waals surface area contributed by atoms with E-state index in [1.165, 1.54) is 37.0 Å². The lowest BCUT2D eigenvalue weighted by atomic mass is 9.80. The van der Waals surface area contributed by atoms with Crippen LogP contribution in [0, 0.1) is 3.57 Å². The largest absolute Gasteiger partial charge is 0.0991 e. The van der Waals surface area contributed by atoms with E-state index in [1.807, 2.05) is 12.2 Å². The van der Waals surface area contributed by atoms with E-state index in [2.05, 4.69) is 98.5 Å². The van der Waals surface area contributed by atoms with Crippen molar-refractivity contribution < 1.29 is 0 Å². The third-order valence-corrected chi connectivity index (χ3v) is 5.47. The summed E-state index contributed by atoms with van der Waals surface area (Å²) in [7, 11) is 0. The lowest BCUT2D eigenvalue weighted by Crippen LogP contribution is -2.16. The fourth-order valence-electron chi connectivity index (χ4n) is 3.47. The predicted octanol–water partition coefficient (Wildman–Crippen LogP) is 6.77. The zero-order valence-corrected chi connectivity index (χ0v) is 16.0. The molecule has 0 atom stereocenters. The summed E-state index contributed by atoms with van der Waals surface area (Å²) in [6.45, 7) is 10.6. The Morgan fingerprint density at radius 3 is 2.30 bits per heavy atom. The molecule has 2 aromatic rings. The van der Waals surface area contributed by atoms with Crippen molar-refractivity contribution in [1.29, 1.82) is 0 Å². The summed E-state index contributed by atoms with van der Waals surface area (Å²) in [5.74, 6) is 0. The Morgan fingerprint density at radius 2 is 1.65 bits per heavy atom. The van der Waals surface area contributed by atoms with Crippen molar-refractivity contribution in [1.82, 2.24) is 0 Å². The molecule has 23 heavy (non-hydrogen) atoms. The van der Waals surface area contributed by atoms with E-state index in [-0.39, 0.29) is 5.41 Å². The van der Waals surface area contributed by atoms with Crippen LogP contribution in [0.2, 0.25) is 0 Å². The maximum atomic E-state index is 3.79. The van der Waals surface area contributed by atoms with Gasteiger partial charge < -0.3 is 0 Å². The van der Waals surface area contributed by atoms with Crippen molar-refractivity contribution in [3.63, 3.8) is 0 Å². The lowest BCUT2D eigenvalue weighted by Gasteiger charge is -2.23. The number of fused-ring (bicyclic) bond motifs is 1. The molecule has 0 N–H and O–H groups in total. The van der Waals surface area contributed by atoms with Crippen LogP contribution in [-0.2, 0) is 5.41 Å². The number of benzene rings is 2. The Bertz CT molecular complexity index is 818. The third-order valence-electron chi connectivity index (χ3n) is 4.75. The third kappa shape index (κ3) is 2.83. The number of allylic oxidation sites excluding steroid dienone is 5. The van der Waals surface area contributed by atoms with E-state index in [9.17, 15) is 0 Å². The van der Waals surface area contributed by atoms with Crippen LogP contribution in [0.4, 0.5) is 0 Å². The molecule has 2 aromatic carbocycles. The van der Waals surface area contributed by atoms with Gasteiger partial charge in [0.2, 0.25) is 0 Å². The highest BCUT2D eigenvalue weighted by atomic mass is 127. The first kappa shape index (κ1) is 16.3. The quantitative estimate of drug-likeness (QED) is 0.386. The molecule has 1 aliphatic rings. The summed E-state index contributed by atoms with van der Waals surface area (Å²) in [5, 5.41) is 0. The van der Waals surface area contributed by atoms with Gasteiger partial charge in [0.25, 0.3) is 0 Å².